The van der Waals surface area contributed by atoms with Gasteiger partial charge >= 0.3 is 5.97 Å². The molecule has 1 atom stereocenters. The zero-order chi connectivity index (χ0) is 15.5. The highest BCUT2D eigenvalue weighted by atomic mass is 16.5. The molecule has 1 aromatic heterocycles. The minimum absolute atomic E-state index is 0.0111. The molecule has 0 saturated carbocycles. The molecule has 7 heteroatoms. The monoisotopic (exact) mass is 302 g/mol. The number of carboxylic acids is 1. The van der Waals surface area contributed by atoms with Gasteiger partial charge in [0.15, 0.2) is 18.2 Å². The quantitative estimate of drug-likeness (QED) is 0.917. The Morgan fingerprint density at radius 1 is 1.27 bits per heavy atom. The van der Waals surface area contributed by atoms with E-state index >= 15 is 0 Å². The van der Waals surface area contributed by atoms with E-state index < -0.39 is 12.0 Å². The summed E-state index contributed by atoms with van der Waals surface area (Å²) in [7, 11) is 0. The smallest absolute Gasteiger partial charge is 0.328 e. The van der Waals surface area contributed by atoms with Crippen LogP contribution in [0.1, 0.15) is 10.4 Å². The highest BCUT2D eigenvalue weighted by Gasteiger charge is 2.33. The molecule has 0 radical (unpaired) electrons. The maximum absolute atomic E-state index is 12.5. The summed E-state index contributed by atoms with van der Waals surface area (Å²) in [6, 6.07) is 5.83. The third-order valence-electron chi connectivity index (χ3n) is 3.52. The predicted molar refractivity (Wildman–Crippen MR) is 75.2 cm³/mol. The second-order valence-electron chi connectivity index (χ2n) is 4.87. The van der Waals surface area contributed by atoms with Crippen molar-refractivity contribution in [1.29, 1.82) is 0 Å². The number of rotatable bonds is 3. The first-order valence-electron chi connectivity index (χ1n) is 6.77. The second kappa shape index (κ2) is 5.98. The SMILES string of the molecule is O=C(O)C1COCCN1C(=O)c1ccc(-c2cnco2)cc1. The molecule has 1 amide bonds. The molecule has 2 heterocycles. The summed E-state index contributed by atoms with van der Waals surface area (Å²) in [5.41, 5.74) is 1.22. The number of hydrogen-bond donors (Lipinski definition) is 1. The number of carbonyl (C=O) groups excluding carboxylic acids is 1. The first-order valence-corrected chi connectivity index (χ1v) is 6.77. The molecule has 2 aromatic rings. The highest BCUT2D eigenvalue weighted by molar-refractivity contribution is 5.97. The van der Waals surface area contributed by atoms with Crippen molar-refractivity contribution in [1.82, 2.24) is 9.88 Å². The maximum Gasteiger partial charge on any atom is 0.328 e. The van der Waals surface area contributed by atoms with Gasteiger partial charge in [-0.3, -0.25) is 4.79 Å². The van der Waals surface area contributed by atoms with Crippen molar-refractivity contribution in [2.24, 2.45) is 0 Å². The molecule has 3 rings (SSSR count). The normalized spacial score (nSPS) is 18.2. The fourth-order valence-corrected chi connectivity index (χ4v) is 2.35. The number of amides is 1. The Morgan fingerprint density at radius 2 is 2.05 bits per heavy atom. The van der Waals surface area contributed by atoms with Gasteiger partial charge in [-0.2, -0.15) is 0 Å². The summed E-state index contributed by atoms with van der Waals surface area (Å²) in [5, 5.41) is 9.18. The molecule has 0 aliphatic carbocycles. The van der Waals surface area contributed by atoms with Crippen LogP contribution in [0.25, 0.3) is 11.3 Å². The van der Waals surface area contributed by atoms with Gasteiger partial charge in [0.1, 0.15) is 0 Å². The predicted octanol–water partition coefficient (Wildman–Crippen LogP) is 1.27. The van der Waals surface area contributed by atoms with Crippen molar-refractivity contribution in [3.05, 3.63) is 42.4 Å². The van der Waals surface area contributed by atoms with E-state index in [0.29, 0.717) is 17.9 Å². The molecule has 22 heavy (non-hydrogen) atoms. The molecule has 0 bridgehead atoms. The molecule has 1 aliphatic rings. The minimum atomic E-state index is -1.06. The Hall–Kier alpha value is -2.67. The van der Waals surface area contributed by atoms with Crippen LogP contribution in [0.2, 0.25) is 0 Å². The van der Waals surface area contributed by atoms with Crippen LogP contribution < -0.4 is 0 Å². The Bertz CT molecular complexity index is 666. The molecule has 1 unspecified atom stereocenters. The molecule has 0 spiro atoms. The molecule has 1 fully saturated rings. The standard InChI is InChI=1S/C15H14N2O5/c18-14(17-5-6-21-8-12(17)15(19)20)11-3-1-10(2-4-11)13-7-16-9-22-13/h1-4,7,9,12H,5-6,8H2,(H,19,20). The molecular formula is C15H14N2O5. The number of morpholine rings is 1. The first kappa shape index (κ1) is 14.3. The van der Waals surface area contributed by atoms with Gasteiger partial charge in [-0.1, -0.05) is 12.1 Å². The summed E-state index contributed by atoms with van der Waals surface area (Å²) < 4.78 is 10.3. The fraction of sp³-hybridized carbons (Fsp3) is 0.267. The Balaban J connectivity index is 1.81. The number of aromatic nitrogens is 1. The van der Waals surface area contributed by atoms with E-state index in [4.69, 9.17) is 9.15 Å². The number of benzene rings is 1. The van der Waals surface area contributed by atoms with E-state index in [9.17, 15) is 14.7 Å². The van der Waals surface area contributed by atoms with Crippen molar-refractivity contribution in [2.75, 3.05) is 19.8 Å². The number of carboxylic acid groups (broad SMARTS) is 1. The molecule has 1 aromatic carbocycles. The van der Waals surface area contributed by atoms with Gasteiger partial charge < -0.3 is 19.2 Å². The van der Waals surface area contributed by atoms with Crippen LogP contribution in [0, 0.1) is 0 Å². The number of aliphatic carboxylic acids is 1. The molecular weight excluding hydrogens is 288 g/mol. The summed E-state index contributed by atoms with van der Waals surface area (Å²) in [4.78, 5) is 28.9. The van der Waals surface area contributed by atoms with Gasteiger partial charge in [-0.25, -0.2) is 9.78 Å². The lowest BCUT2D eigenvalue weighted by atomic mass is 10.1. The largest absolute Gasteiger partial charge is 0.480 e. The lowest BCUT2D eigenvalue weighted by Crippen LogP contribution is -2.52. The topological polar surface area (TPSA) is 92.9 Å². The minimum Gasteiger partial charge on any atom is -0.480 e. The number of hydrogen-bond acceptors (Lipinski definition) is 5. The Labute approximate surface area is 126 Å². The van der Waals surface area contributed by atoms with Gasteiger partial charge in [0.2, 0.25) is 0 Å². The average Bonchev–Trinajstić information content (AvgIpc) is 3.09. The zero-order valence-corrected chi connectivity index (χ0v) is 11.6. The van der Waals surface area contributed by atoms with Crippen molar-refractivity contribution in [2.45, 2.75) is 6.04 Å². The summed E-state index contributed by atoms with van der Waals surface area (Å²) in [5.74, 6) is -0.778. The van der Waals surface area contributed by atoms with Gasteiger partial charge in [0, 0.05) is 17.7 Å². The van der Waals surface area contributed by atoms with E-state index in [1.165, 1.54) is 11.3 Å². The number of oxazole rings is 1. The number of ether oxygens (including phenoxy) is 1. The molecule has 1 saturated heterocycles. The number of carbonyl (C=O) groups is 2. The van der Waals surface area contributed by atoms with Crippen molar-refractivity contribution in [3.63, 3.8) is 0 Å². The molecule has 7 nitrogen and oxygen atoms in total. The van der Waals surface area contributed by atoms with E-state index in [2.05, 4.69) is 4.98 Å². The summed E-state index contributed by atoms with van der Waals surface area (Å²) in [6.07, 6.45) is 2.92. The van der Waals surface area contributed by atoms with Gasteiger partial charge in [0.05, 0.1) is 19.4 Å². The van der Waals surface area contributed by atoms with E-state index in [1.807, 2.05) is 0 Å². The third kappa shape index (κ3) is 2.71. The summed E-state index contributed by atoms with van der Waals surface area (Å²) >= 11 is 0. The molecule has 114 valence electrons. The zero-order valence-electron chi connectivity index (χ0n) is 11.6. The van der Waals surface area contributed by atoms with Crippen molar-refractivity contribution < 1.29 is 23.8 Å². The van der Waals surface area contributed by atoms with E-state index in [-0.39, 0.29) is 19.1 Å². The van der Waals surface area contributed by atoms with Crippen LogP contribution in [0.5, 0.6) is 0 Å². The van der Waals surface area contributed by atoms with Gasteiger partial charge in [0.25, 0.3) is 5.91 Å². The average molecular weight is 302 g/mol. The fourth-order valence-electron chi connectivity index (χ4n) is 2.35. The first-order chi connectivity index (χ1) is 10.7. The van der Waals surface area contributed by atoms with Crippen LogP contribution in [0.3, 0.4) is 0 Å². The number of nitrogens with zero attached hydrogens (tertiary/aromatic N) is 2. The van der Waals surface area contributed by atoms with Crippen LogP contribution in [0.4, 0.5) is 0 Å². The van der Waals surface area contributed by atoms with E-state index in [1.54, 1.807) is 30.5 Å². The van der Waals surface area contributed by atoms with Crippen molar-refractivity contribution in [3.8, 4) is 11.3 Å². The van der Waals surface area contributed by atoms with Crippen LogP contribution in [-0.2, 0) is 9.53 Å². The van der Waals surface area contributed by atoms with Crippen LogP contribution in [0.15, 0.2) is 41.3 Å². The Kier molecular flexibility index (Phi) is 3.88. The summed E-state index contributed by atoms with van der Waals surface area (Å²) in [6.45, 7) is 0.614. The van der Waals surface area contributed by atoms with Gasteiger partial charge in [-0.15, -0.1) is 0 Å². The molecule has 1 N–H and O–H groups in total. The molecule has 1 aliphatic heterocycles. The van der Waals surface area contributed by atoms with Crippen molar-refractivity contribution >= 4 is 11.9 Å². The maximum atomic E-state index is 12.5. The van der Waals surface area contributed by atoms with Crippen LogP contribution >= 0.6 is 0 Å². The Morgan fingerprint density at radius 3 is 2.68 bits per heavy atom. The van der Waals surface area contributed by atoms with Gasteiger partial charge in [-0.05, 0) is 12.1 Å². The lowest BCUT2D eigenvalue weighted by molar-refractivity contribution is -0.147. The third-order valence-corrected chi connectivity index (χ3v) is 3.52. The highest BCUT2D eigenvalue weighted by Crippen LogP contribution is 2.20. The second-order valence-corrected chi connectivity index (χ2v) is 4.87. The lowest BCUT2D eigenvalue weighted by Gasteiger charge is -2.32. The van der Waals surface area contributed by atoms with Crippen LogP contribution in [-0.4, -0.2) is 52.7 Å². The van der Waals surface area contributed by atoms with E-state index in [0.717, 1.165) is 5.56 Å².